The molecule has 174 valence electrons. The molecule has 7 heteroatoms. The molecule has 2 N–H and O–H groups in total. The van der Waals surface area contributed by atoms with Crippen LogP contribution in [0.1, 0.15) is 38.0 Å². The molecule has 1 atom stereocenters. The maximum absolute atomic E-state index is 13.0. The number of methoxy groups -OCH3 is 2. The van der Waals surface area contributed by atoms with Crippen LogP contribution in [-0.4, -0.2) is 25.1 Å². The van der Waals surface area contributed by atoms with Crippen LogP contribution in [0.2, 0.25) is 0 Å². The number of carbonyl (C=O) groups is 1. The number of nitrogens with zero attached hydrogens (tertiary/aromatic N) is 1. The number of para-hydroxylation sites is 1. The Labute approximate surface area is 203 Å². The van der Waals surface area contributed by atoms with Crippen molar-refractivity contribution in [3.63, 3.8) is 0 Å². The number of pyridine rings is 1. The monoisotopic (exact) mass is 473 g/mol. The van der Waals surface area contributed by atoms with Gasteiger partial charge in [-0.3, -0.25) is 4.79 Å². The fourth-order valence-corrected chi connectivity index (χ4v) is 4.78. The van der Waals surface area contributed by atoms with Gasteiger partial charge in [-0.2, -0.15) is 0 Å². The Bertz CT molecular complexity index is 1290. The van der Waals surface area contributed by atoms with Crippen LogP contribution in [0.15, 0.2) is 72.9 Å². The molecule has 0 radical (unpaired) electrons. The largest absolute Gasteiger partial charge is 0.493 e. The Balaban J connectivity index is 1.81. The van der Waals surface area contributed by atoms with E-state index in [0.29, 0.717) is 17.1 Å². The predicted molar refractivity (Wildman–Crippen MR) is 137 cm³/mol. The minimum absolute atomic E-state index is 0.159. The van der Waals surface area contributed by atoms with E-state index in [1.54, 1.807) is 32.5 Å². The van der Waals surface area contributed by atoms with Crippen LogP contribution in [0.4, 0.5) is 10.8 Å². The summed E-state index contributed by atoms with van der Waals surface area (Å²) in [5.41, 5.74) is 3.48. The number of amides is 1. The highest BCUT2D eigenvalue weighted by molar-refractivity contribution is 7.16. The van der Waals surface area contributed by atoms with Gasteiger partial charge in [0, 0.05) is 27.8 Å². The summed E-state index contributed by atoms with van der Waals surface area (Å²) in [6, 6.07) is 20.6. The SMILES string of the molecule is COc1cccc([C@H](Nc2cc(C)ccn2)c2cc(C)sc2NC(=O)c2ccccc2)c1OC. The van der Waals surface area contributed by atoms with Crippen molar-refractivity contribution in [2.45, 2.75) is 19.9 Å². The summed E-state index contributed by atoms with van der Waals surface area (Å²) in [6.45, 7) is 4.05. The molecule has 6 nitrogen and oxygen atoms in total. The highest BCUT2D eigenvalue weighted by Gasteiger charge is 2.26. The van der Waals surface area contributed by atoms with Crippen molar-refractivity contribution in [1.29, 1.82) is 0 Å². The molecular weight excluding hydrogens is 446 g/mol. The summed E-state index contributed by atoms with van der Waals surface area (Å²) >= 11 is 1.53. The van der Waals surface area contributed by atoms with E-state index < -0.39 is 0 Å². The van der Waals surface area contributed by atoms with Gasteiger partial charge in [0.05, 0.1) is 20.3 Å². The van der Waals surface area contributed by atoms with Gasteiger partial charge >= 0.3 is 0 Å². The summed E-state index contributed by atoms with van der Waals surface area (Å²) < 4.78 is 11.3. The van der Waals surface area contributed by atoms with Crippen LogP contribution < -0.4 is 20.1 Å². The Hall–Kier alpha value is -3.84. The van der Waals surface area contributed by atoms with Gasteiger partial charge in [0.15, 0.2) is 11.5 Å². The van der Waals surface area contributed by atoms with Crippen LogP contribution in [-0.2, 0) is 0 Å². The number of aryl methyl sites for hydroxylation is 2. The predicted octanol–water partition coefficient (Wildman–Crippen LogP) is 6.23. The van der Waals surface area contributed by atoms with Crippen LogP contribution in [0.3, 0.4) is 0 Å². The second-order valence-corrected chi connectivity index (χ2v) is 9.10. The maximum atomic E-state index is 13.0. The third-order valence-corrected chi connectivity index (χ3v) is 6.39. The summed E-state index contributed by atoms with van der Waals surface area (Å²) in [6.07, 6.45) is 1.77. The number of hydrogen-bond acceptors (Lipinski definition) is 6. The third kappa shape index (κ3) is 5.05. The van der Waals surface area contributed by atoms with Crippen LogP contribution >= 0.6 is 11.3 Å². The number of rotatable bonds is 8. The van der Waals surface area contributed by atoms with E-state index in [4.69, 9.17) is 9.47 Å². The van der Waals surface area contributed by atoms with E-state index in [9.17, 15) is 4.79 Å². The molecule has 2 aromatic carbocycles. The first-order chi connectivity index (χ1) is 16.5. The minimum atomic E-state index is -0.352. The number of carbonyl (C=O) groups excluding carboxylic acids is 1. The molecule has 0 fully saturated rings. The lowest BCUT2D eigenvalue weighted by atomic mass is 9.98. The van der Waals surface area contributed by atoms with Gasteiger partial charge in [-0.1, -0.05) is 30.3 Å². The second kappa shape index (κ2) is 10.4. The van der Waals surface area contributed by atoms with Gasteiger partial charge in [-0.15, -0.1) is 11.3 Å². The van der Waals surface area contributed by atoms with Gasteiger partial charge in [-0.05, 0) is 55.8 Å². The summed E-state index contributed by atoms with van der Waals surface area (Å²) in [4.78, 5) is 18.6. The van der Waals surface area contributed by atoms with Crippen LogP contribution in [0, 0.1) is 13.8 Å². The minimum Gasteiger partial charge on any atom is -0.493 e. The van der Waals surface area contributed by atoms with E-state index in [2.05, 4.69) is 21.7 Å². The average molecular weight is 474 g/mol. The third-order valence-electron chi connectivity index (χ3n) is 5.41. The molecule has 0 spiro atoms. The van der Waals surface area contributed by atoms with Crippen molar-refractivity contribution < 1.29 is 14.3 Å². The number of nitrogens with one attached hydrogen (secondary N) is 2. The zero-order chi connectivity index (χ0) is 24.1. The Morgan fingerprint density at radius 1 is 0.941 bits per heavy atom. The highest BCUT2D eigenvalue weighted by Crippen LogP contribution is 2.43. The van der Waals surface area contributed by atoms with Crippen LogP contribution in [0.25, 0.3) is 0 Å². The normalized spacial score (nSPS) is 11.5. The first-order valence-corrected chi connectivity index (χ1v) is 11.7. The lowest BCUT2D eigenvalue weighted by molar-refractivity contribution is 0.102. The van der Waals surface area contributed by atoms with E-state index in [0.717, 1.165) is 32.4 Å². The van der Waals surface area contributed by atoms with Crippen molar-refractivity contribution in [3.05, 3.63) is 100 Å². The molecule has 2 heterocycles. The summed E-state index contributed by atoms with van der Waals surface area (Å²) in [5, 5.41) is 7.43. The fraction of sp³-hybridized carbons (Fsp3) is 0.185. The number of anilines is 2. The van der Waals surface area contributed by atoms with Crippen molar-refractivity contribution in [2.75, 3.05) is 24.9 Å². The van der Waals surface area contributed by atoms with Crippen LogP contribution in [0.5, 0.6) is 11.5 Å². The second-order valence-electron chi connectivity index (χ2n) is 7.84. The Morgan fingerprint density at radius 3 is 2.44 bits per heavy atom. The van der Waals surface area contributed by atoms with Gasteiger partial charge in [0.25, 0.3) is 5.91 Å². The first-order valence-electron chi connectivity index (χ1n) is 10.9. The van der Waals surface area contributed by atoms with Crippen molar-refractivity contribution >= 4 is 28.1 Å². The Kier molecular flexibility index (Phi) is 7.13. The fourth-order valence-electron chi connectivity index (χ4n) is 3.84. The molecular formula is C27H27N3O3S. The molecule has 0 aliphatic rings. The lowest BCUT2D eigenvalue weighted by Crippen LogP contribution is -2.18. The smallest absolute Gasteiger partial charge is 0.256 e. The maximum Gasteiger partial charge on any atom is 0.256 e. The van der Waals surface area contributed by atoms with Crippen molar-refractivity contribution in [3.8, 4) is 11.5 Å². The standard InChI is InChI=1S/C27H27N3O3S/c1-17-13-14-28-23(15-17)29-24(20-11-8-12-22(32-3)25(20)33-4)21-16-18(2)34-27(21)30-26(31)19-9-6-5-7-10-19/h5-16,24H,1-4H3,(H,28,29)(H,30,31)/t24-/m0/s1. The van der Waals surface area contributed by atoms with E-state index in [1.165, 1.54) is 11.3 Å². The zero-order valence-corrected chi connectivity index (χ0v) is 20.4. The average Bonchev–Trinajstić information content (AvgIpc) is 3.22. The number of thiophene rings is 1. The lowest BCUT2D eigenvalue weighted by Gasteiger charge is -2.24. The highest BCUT2D eigenvalue weighted by atomic mass is 32.1. The molecule has 4 rings (SSSR count). The van der Waals surface area contributed by atoms with Crippen molar-refractivity contribution in [1.82, 2.24) is 4.98 Å². The van der Waals surface area contributed by atoms with Crippen molar-refractivity contribution in [2.24, 2.45) is 0 Å². The molecule has 0 bridgehead atoms. The van der Waals surface area contributed by atoms with Gasteiger partial charge in [-0.25, -0.2) is 4.98 Å². The first kappa shape index (κ1) is 23.3. The molecule has 2 aromatic heterocycles. The topological polar surface area (TPSA) is 72.5 Å². The summed E-state index contributed by atoms with van der Waals surface area (Å²) in [7, 11) is 3.24. The number of benzene rings is 2. The van der Waals surface area contributed by atoms with E-state index in [1.807, 2.05) is 62.4 Å². The van der Waals surface area contributed by atoms with Gasteiger partial charge in [0.2, 0.25) is 0 Å². The Morgan fingerprint density at radius 2 is 1.74 bits per heavy atom. The van der Waals surface area contributed by atoms with Gasteiger partial charge in [0.1, 0.15) is 10.8 Å². The molecule has 0 saturated carbocycles. The van der Waals surface area contributed by atoms with E-state index in [-0.39, 0.29) is 11.9 Å². The zero-order valence-electron chi connectivity index (χ0n) is 19.6. The number of hydrogen-bond donors (Lipinski definition) is 2. The molecule has 0 unspecified atom stereocenters. The van der Waals surface area contributed by atoms with E-state index >= 15 is 0 Å². The molecule has 0 saturated heterocycles. The number of ether oxygens (including phenoxy) is 2. The molecule has 1 amide bonds. The quantitative estimate of drug-likeness (QED) is 0.317. The molecule has 34 heavy (non-hydrogen) atoms. The molecule has 0 aliphatic heterocycles. The van der Waals surface area contributed by atoms with Gasteiger partial charge < -0.3 is 20.1 Å². The molecule has 0 aliphatic carbocycles. The number of aromatic nitrogens is 1. The summed E-state index contributed by atoms with van der Waals surface area (Å²) in [5.74, 6) is 1.82. The molecule has 4 aromatic rings.